The summed E-state index contributed by atoms with van der Waals surface area (Å²) in [6, 6.07) is 0. The van der Waals surface area contributed by atoms with Crippen molar-refractivity contribution in [2.75, 3.05) is 20.0 Å². The van der Waals surface area contributed by atoms with Gasteiger partial charge in [-0.15, -0.1) is 5.70 Å². The molecule has 0 heterocycles. The number of hydrogen-bond donors (Lipinski definition) is 0. The maximum absolute atomic E-state index is 5.03. The van der Waals surface area contributed by atoms with Gasteiger partial charge in [0.2, 0.25) is 0 Å². The molecule has 0 aliphatic carbocycles. The van der Waals surface area contributed by atoms with Crippen LogP contribution in [0.3, 0.4) is 0 Å². The van der Waals surface area contributed by atoms with E-state index in [1.807, 2.05) is 13.0 Å². The molecule has 9 heavy (non-hydrogen) atoms. The Morgan fingerprint density at radius 1 is 1.44 bits per heavy atom. The van der Waals surface area contributed by atoms with Crippen molar-refractivity contribution in [2.24, 2.45) is 0 Å². The van der Waals surface area contributed by atoms with E-state index >= 15 is 0 Å². The molecule has 0 aliphatic rings. The number of rotatable bonds is 5. The quantitative estimate of drug-likeness (QED) is 0.306. The Bertz CT molecular complexity index is 73.5. The van der Waals surface area contributed by atoms with Crippen molar-refractivity contribution in [3.63, 3.8) is 0 Å². The molecule has 0 spiro atoms. The van der Waals surface area contributed by atoms with Crippen LogP contribution in [0.4, 0.5) is 0 Å². The van der Waals surface area contributed by atoms with E-state index in [4.69, 9.17) is 9.47 Å². The maximum atomic E-state index is 5.03. The highest BCUT2D eigenvalue weighted by molar-refractivity contribution is 6.16. The Morgan fingerprint density at radius 2 is 2.22 bits per heavy atom. The first kappa shape index (κ1) is 8.88. The van der Waals surface area contributed by atoms with Gasteiger partial charge < -0.3 is 9.47 Å². The van der Waals surface area contributed by atoms with Gasteiger partial charge in [-0.2, -0.15) is 0 Å². The smallest absolute Gasteiger partial charge is 0.147 e. The van der Waals surface area contributed by atoms with E-state index in [1.54, 1.807) is 0 Å². The summed E-state index contributed by atoms with van der Waals surface area (Å²) in [5.74, 6) is 0. The number of hydrogen-bond acceptors (Lipinski definition) is 2. The molecule has 3 heteroatoms. The standard InChI is InChI=1S/C6H14O2Si/c1-2-7-6-8-4-3-5-9/h3,5H,2,4,6H2,1,9H3. The first-order chi connectivity index (χ1) is 4.41. The third kappa shape index (κ3) is 7.88. The minimum Gasteiger partial charge on any atom is -0.356 e. The van der Waals surface area contributed by atoms with Crippen LogP contribution in [0.25, 0.3) is 0 Å². The lowest BCUT2D eigenvalue weighted by molar-refractivity contribution is -0.0389. The monoisotopic (exact) mass is 146 g/mol. The molecule has 0 aromatic carbocycles. The molecular formula is C6H14O2Si. The molecule has 0 radical (unpaired) electrons. The first-order valence-corrected chi connectivity index (χ1v) is 4.34. The summed E-state index contributed by atoms with van der Waals surface area (Å²) in [5, 5.41) is 0. The zero-order chi connectivity index (χ0) is 6.95. The molecule has 0 aliphatic heterocycles. The first-order valence-electron chi connectivity index (χ1n) is 3.18. The van der Waals surface area contributed by atoms with Crippen LogP contribution in [0, 0.1) is 0 Å². The van der Waals surface area contributed by atoms with E-state index in [9.17, 15) is 0 Å². The molecule has 0 fully saturated rings. The van der Waals surface area contributed by atoms with Crippen LogP contribution in [0.5, 0.6) is 0 Å². The van der Waals surface area contributed by atoms with Gasteiger partial charge in [0.15, 0.2) is 0 Å². The van der Waals surface area contributed by atoms with E-state index in [1.165, 1.54) is 0 Å². The minimum absolute atomic E-state index is 0.419. The molecular weight excluding hydrogens is 132 g/mol. The largest absolute Gasteiger partial charge is 0.356 e. The Labute approximate surface area is 59.3 Å². The maximum Gasteiger partial charge on any atom is 0.147 e. The average molecular weight is 146 g/mol. The van der Waals surface area contributed by atoms with Crippen LogP contribution < -0.4 is 0 Å². The van der Waals surface area contributed by atoms with Crippen LogP contribution in [0.15, 0.2) is 11.8 Å². The second-order valence-electron chi connectivity index (χ2n) is 1.55. The van der Waals surface area contributed by atoms with Gasteiger partial charge in [0, 0.05) is 16.8 Å². The highest BCUT2D eigenvalue weighted by atomic mass is 28.1. The lowest BCUT2D eigenvalue weighted by atomic mass is 10.7. The normalized spacial score (nSPS) is 11.2. The zero-order valence-electron chi connectivity index (χ0n) is 6.09. The highest BCUT2D eigenvalue weighted by Crippen LogP contribution is 1.77. The van der Waals surface area contributed by atoms with Gasteiger partial charge in [0.1, 0.15) is 6.79 Å². The van der Waals surface area contributed by atoms with Crippen LogP contribution >= 0.6 is 0 Å². The summed E-state index contributed by atoms with van der Waals surface area (Å²) in [6.07, 6.45) is 2.01. The van der Waals surface area contributed by atoms with Gasteiger partial charge in [0.25, 0.3) is 0 Å². The summed E-state index contributed by atoms with van der Waals surface area (Å²) in [6.45, 7) is 3.78. The average Bonchev–Trinajstić information content (AvgIpc) is 1.89. The van der Waals surface area contributed by atoms with Gasteiger partial charge in [-0.1, -0.05) is 6.08 Å². The third-order valence-electron chi connectivity index (χ3n) is 0.821. The Hall–Kier alpha value is -0.123. The zero-order valence-corrected chi connectivity index (χ0v) is 8.09. The SMILES string of the molecule is CCOCOCC=C[SiH3]. The van der Waals surface area contributed by atoms with Crippen molar-refractivity contribution >= 4 is 10.2 Å². The van der Waals surface area contributed by atoms with Crippen molar-refractivity contribution in [2.45, 2.75) is 6.92 Å². The van der Waals surface area contributed by atoms with Crippen LogP contribution in [-0.2, 0) is 9.47 Å². The van der Waals surface area contributed by atoms with E-state index in [-0.39, 0.29) is 0 Å². The fraction of sp³-hybridized carbons (Fsp3) is 0.667. The molecule has 0 unspecified atom stereocenters. The second kappa shape index (κ2) is 7.88. The second-order valence-corrected chi connectivity index (χ2v) is 2.22. The molecule has 0 amide bonds. The summed E-state index contributed by atoms with van der Waals surface area (Å²) < 4.78 is 9.96. The predicted octanol–water partition coefficient (Wildman–Crippen LogP) is -0.124. The molecule has 0 atom stereocenters. The van der Waals surface area contributed by atoms with Crippen LogP contribution in [0.1, 0.15) is 6.92 Å². The molecule has 54 valence electrons. The van der Waals surface area contributed by atoms with E-state index in [0.717, 1.165) is 16.8 Å². The van der Waals surface area contributed by atoms with Gasteiger partial charge >= 0.3 is 0 Å². The summed E-state index contributed by atoms with van der Waals surface area (Å²) >= 11 is 0. The summed E-state index contributed by atoms with van der Waals surface area (Å²) in [4.78, 5) is 0. The molecule has 2 nitrogen and oxygen atoms in total. The minimum atomic E-state index is 0.419. The van der Waals surface area contributed by atoms with Gasteiger partial charge in [0.05, 0.1) is 6.61 Å². The molecule has 0 aromatic rings. The van der Waals surface area contributed by atoms with Gasteiger partial charge in [-0.05, 0) is 6.92 Å². The third-order valence-corrected chi connectivity index (χ3v) is 1.29. The van der Waals surface area contributed by atoms with Crippen LogP contribution in [-0.4, -0.2) is 30.2 Å². The van der Waals surface area contributed by atoms with Crippen molar-refractivity contribution in [1.82, 2.24) is 0 Å². The topological polar surface area (TPSA) is 18.5 Å². The summed E-state index contributed by atoms with van der Waals surface area (Å²) in [5.41, 5.74) is 2.09. The van der Waals surface area contributed by atoms with Crippen molar-refractivity contribution in [1.29, 1.82) is 0 Å². The Morgan fingerprint density at radius 3 is 2.78 bits per heavy atom. The van der Waals surface area contributed by atoms with Gasteiger partial charge in [-0.25, -0.2) is 0 Å². The Balaban J connectivity index is 2.75. The molecule has 0 N–H and O–H groups in total. The lowest BCUT2D eigenvalue weighted by Gasteiger charge is -1.98. The molecule has 0 rings (SSSR count). The molecule has 0 bridgehead atoms. The highest BCUT2D eigenvalue weighted by Gasteiger charge is 1.79. The Kier molecular flexibility index (Phi) is 7.77. The van der Waals surface area contributed by atoms with E-state index < -0.39 is 0 Å². The predicted molar refractivity (Wildman–Crippen MR) is 41.5 cm³/mol. The van der Waals surface area contributed by atoms with Crippen molar-refractivity contribution in [3.8, 4) is 0 Å². The summed E-state index contributed by atoms with van der Waals surface area (Å²) in [7, 11) is 1.11. The van der Waals surface area contributed by atoms with Crippen molar-refractivity contribution in [3.05, 3.63) is 11.8 Å². The lowest BCUT2D eigenvalue weighted by Crippen LogP contribution is -1.98. The van der Waals surface area contributed by atoms with E-state index in [2.05, 4.69) is 5.70 Å². The van der Waals surface area contributed by atoms with Crippen LogP contribution in [0.2, 0.25) is 0 Å². The number of ether oxygens (including phenoxy) is 2. The molecule has 0 aromatic heterocycles. The van der Waals surface area contributed by atoms with Gasteiger partial charge in [-0.3, -0.25) is 0 Å². The van der Waals surface area contributed by atoms with Crippen molar-refractivity contribution < 1.29 is 9.47 Å². The van der Waals surface area contributed by atoms with E-state index in [0.29, 0.717) is 13.4 Å². The fourth-order valence-corrected chi connectivity index (χ4v) is 0.547. The molecule has 0 saturated carbocycles. The fourth-order valence-electron chi connectivity index (χ4n) is 0.355. The molecule has 0 saturated heterocycles.